The third-order valence-corrected chi connectivity index (χ3v) is 6.24. The highest BCUT2D eigenvalue weighted by Gasteiger charge is 2.29. The van der Waals surface area contributed by atoms with Crippen molar-refractivity contribution < 1.29 is 13.2 Å². The van der Waals surface area contributed by atoms with Crippen LogP contribution < -0.4 is 10.2 Å². The Morgan fingerprint density at radius 2 is 1.81 bits per heavy atom. The van der Waals surface area contributed by atoms with E-state index in [1.54, 1.807) is 30.6 Å². The van der Waals surface area contributed by atoms with Gasteiger partial charge in [0.1, 0.15) is 0 Å². The lowest BCUT2D eigenvalue weighted by atomic mass is 10.2. The van der Waals surface area contributed by atoms with Gasteiger partial charge in [0.15, 0.2) is 0 Å². The van der Waals surface area contributed by atoms with Crippen molar-refractivity contribution in [2.75, 3.05) is 37.6 Å². The van der Waals surface area contributed by atoms with Gasteiger partial charge in [0.2, 0.25) is 16.0 Å². The summed E-state index contributed by atoms with van der Waals surface area (Å²) in [4.78, 5) is 22.6. The maximum absolute atomic E-state index is 13.0. The van der Waals surface area contributed by atoms with E-state index in [1.165, 1.54) is 16.4 Å². The van der Waals surface area contributed by atoms with Gasteiger partial charge in [0.25, 0.3) is 5.91 Å². The molecule has 1 aromatic heterocycles. The Morgan fingerprint density at radius 3 is 2.48 bits per heavy atom. The lowest BCUT2D eigenvalue weighted by Gasteiger charge is -2.33. The average Bonchev–Trinajstić information content (AvgIpc) is 2.73. The van der Waals surface area contributed by atoms with Crippen molar-refractivity contribution in [3.8, 4) is 0 Å². The maximum atomic E-state index is 13.0. The van der Waals surface area contributed by atoms with Crippen LogP contribution in [0.3, 0.4) is 0 Å². The number of piperazine rings is 1. The van der Waals surface area contributed by atoms with Gasteiger partial charge < -0.3 is 10.2 Å². The smallest absolute Gasteiger partial charge is 0.251 e. The van der Waals surface area contributed by atoms with Gasteiger partial charge in [-0.3, -0.25) is 4.79 Å². The van der Waals surface area contributed by atoms with Crippen LogP contribution in [0.2, 0.25) is 0 Å². The molecule has 0 bridgehead atoms. The topological polar surface area (TPSA) is 95.5 Å². The minimum Gasteiger partial charge on any atom is -0.352 e. The molecule has 1 fully saturated rings. The lowest BCUT2D eigenvalue weighted by molar-refractivity contribution is 0.0953. The molecule has 144 valence electrons. The van der Waals surface area contributed by atoms with E-state index in [0.29, 0.717) is 44.2 Å². The van der Waals surface area contributed by atoms with Crippen LogP contribution >= 0.6 is 0 Å². The first-order valence-corrected chi connectivity index (χ1v) is 10.4. The highest BCUT2D eigenvalue weighted by molar-refractivity contribution is 7.89. The van der Waals surface area contributed by atoms with E-state index in [-0.39, 0.29) is 10.8 Å². The fourth-order valence-corrected chi connectivity index (χ4v) is 4.34. The number of anilines is 1. The van der Waals surface area contributed by atoms with Gasteiger partial charge in [0.05, 0.1) is 4.90 Å². The van der Waals surface area contributed by atoms with Crippen LogP contribution in [-0.4, -0.2) is 61.3 Å². The molecule has 0 spiro atoms. The van der Waals surface area contributed by atoms with Crippen molar-refractivity contribution >= 4 is 21.9 Å². The van der Waals surface area contributed by atoms with Crippen molar-refractivity contribution in [3.63, 3.8) is 0 Å². The number of sulfonamides is 1. The molecule has 0 unspecified atom stereocenters. The van der Waals surface area contributed by atoms with Crippen molar-refractivity contribution in [1.29, 1.82) is 0 Å². The largest absolute Gasteiger partial charge is 0.352 e. The van der Waals surface area contributed by atoms with Gasteiger partial charge in [-0.05, 0) is 30.7 Å². The Bertz CT molecular complexity index is 881. The standard InChI is InChI=1S/C18H23N5O3S/c1-2-7-19-17(24)15-5-3-6-16(14-15)27(25,26)23-12-10-22(11-13-23)18-20-8-4-9-21-18/h3-6,8-9,14H,2,7,10-13H2,1H3,(H,19,24). The summed E-state index contributed by atoms with van der Waals surface area (Å²) in [6.07, 6.45) is 4.15. The number of nitrogens with one attached hydrogen (secondary N) is 1. The van der Waals surface area contributed by atoms with Gasteiger partial charge >= 0.3 is 0 Å². The SMILES string of the molecule is CCCNC(=O)c1cccc(S(=O)(=O)N2CCN(c3ncccn3)CC2)c1. The molecule has 1 saturated heterocycles. The van der Waals surface area contributed by atoms with Crippen molar-refractivity contribution in [3.05, 3.63) is 48.3 Å². The predicted octanol–water partition coefficient (Wildman–Crippen LogP) is 1.13. The average molecular weight is 389 g/mol. The first-order chi connectivity index (χ1) is 13.0. The number of nitrogens with zero attached hydrogens (tertiary/aromatic N) is 4. The first-order valence-electron chi connectivity index (χ1n) is 8.92. The Balaban J connectivity index is 1.71. The number of amides is 1. The molecular weight excluding hydrogens is 366 g/mol. The van der Waals surface area contributed by atoms with E-state index in [4.69, 9.17) is 0 Å². The number of carbonyl (C=O) groups is 1. The maximum Gasteiger partial charge on any atom is 0.251 e. The Morgan fingerprint density at radius 1 is 1.11 bits per heavy atom. The quantitative estimate of drug-likeness (QED) is 0.796. The van der Waals surface area contributed by atoms with Crippen LogP contribution in [0.4, 0.5) is 5.95 Å². The zero-order valence-electron chi connectivity index (χ0n) is 15.2. The second kappa shape index (κ2) is 8.45. The molecule has 9 heteroatoms. The van der Waals surface area contributed by atoms with Crippen molar-refractivity contribution in [2.24, 2.45) is 0 Å². The second-order valence-corrected chi connectivity index (χ2v) is 8.16. The summed E-state index contributed by atoms with van der Waals surface area (Å²) in [6, 6.07) is 7.93. The molecule has 0 aliphatic carbocycles. The number of carbonyl (C=O) groups excluding carboxylic acids is 1. The Kier molecular flexibility index (Phi) is 6.02. The number of hydrogen-bond acceptors (Lipinski definition) is 6. The summed E-state index contributed by atoms with van der Waals surface area (Å²) in [5.41, 5.74) is 0.348. The molecule has 3 rings (SSSR count). The van der Waals surface area contributed by atoms with Crippen LogP contribution in [0, 0.1) is 0 Å². The van der Waals surface area contributed by atoms with Gasteiger partial charge in [-0.15, -0.1) is 0 Å². The Hall–Kier alpha value is -2.52. The summed E-state index contributed by atoms with van der Waals surface area (Å²) < 4.78 is 27.4. The molecule has 27 heavy (non-hydrogen) atoms. The summed E-state index contributed by atoms with van der Waals surface area (Å²) in [6.45, 7) is 4.22. The minimum absolute atomic E-state index is 0.135. The van der Waals surface area contributed by atoms with Gasteiger partial charge in [-0.1, -0.05) is 13.0 Å². The molecule has 1 aliphatic heterocycles. The monoisotopic (exact) mass is 389 g/mol. The van der Waals surface area contributed by atoms with E-state index in [2.05, 4.69) is 15.3 Å². The summed E-state index contributed by atoms with van der Waals surface area (Å²) >= 11 is 0. The van der Waals surface area contributed by atoms with Crippen LogP contribution in [0.5, 0.6) is 0 Å². The molecule has 1 aromatic carbocycles. The fraction of sp³-hybridized carbons (Fsp3) is 0.389. The molecule has 8 nitrogen and oxygen atoms in total. The number of rotatable bonds is 6. The number of hydrogen-bond donors (Lipinski definition) is 1. The molecule has 2 aromatic rings. The molecule has 1 amide bonds. The summed E-state index contributed by atoms with van der Waals surface area (Å²) in [5, 5.41) is 2.76. The van der Waals surface area contributed by atoms with Crippen LogP contribution in [-0.2, 0) is 10.0 Å². The van der Waals surface area contributed by atoms with Crippen molar-refractivity contribution in [1.82, 2.24) is 19.6 Å². The summed E-state index contributed by atoms with van der Waals surface area (Å²) in [5.74, 6) is 0.337. The van der Waals surface area contributed by atoms with E-state index >= 15 is 0 Å². The van der Waals surface area contributed by atoms with E-state index in [0.717, 1.165) is 6.42 Å². The van der Waals surface area contributed by atoms with Gasteiger partial charge in [-0.2, -0.15) is 4.31 Å². The van der Waals surface area contributed by atoms with Crippen molar-refractivity contribution in [2.45, 2.75) is 18.2 Å². The second-order valence-electron chi connectivity index (χ2n) is 6.22. The highest BCUT2D eigenvalue weighted by atomic mass is 32.2. The Labute approximate surface area is 159 Å². The third kappa shape index (κ3) is 4.42. The number of benzene rings is 1. The first kappa shape index (κ1) is 19.2. The molecule has 1 aliphatic rings. The summed E-state index contributed by atoms with van der Waals surface area (Å²) in [7, 11) is -3.66. The van der Waals surface area contributed by atoms with E-state index in [9.17, 15) is 13.2 Å². The predicted molar refractivity (Wildman–Crippen MR) is 102 cm³/mol. The molecule has 0 atom stereocenters. The van der Waals surface area contributed by atoms with Gasteiger partial charge in [-0.25, -0.2) is 18.4 Å². The van der Waals surface area contributed by atoms with Crippen LogP contribution in [0.25, 0.3) is 0 Å². The zero-order chi connectivity index (χ0) is 19.3. The lowest BCUT2D eigenvalue weighted by Crippen LogP contribution is -2.49. The normalized spacial score (nSPS) is 15.5. The van der Waals surface area contributed by atoms with E-state index in [1.807, 2.05) is 11.8 Å². The third-order valence-electron chi connectivity index (χ3n) is 4.34. The highest BCUT2D eigenvalue weighted by Crippen LogP contribution is 2.20. The van der Waals surface area contributed by atoms with Gasteiger partial charge in [0, 0.05) is 50.7 Å². The molecular formula is C18H23N5O3S. The minimum atomic E-state index is -3.66. The molecule has 0 saturated carbocycles. The van der Waals surface area contributed by atoms with Crippen LogP contribution in [0.15, 0.2) is 47.6 Å². The molecule has 0 radical (unpaired) electrons. The van der Waals surface area contributed by atoms with Crippen LogP contribution in [0.1, 0.15) is 23.7 Å². The fourth-order valence-electron chi connectivity index (χ4n) is 2.87. The van der Waals surface area contributed by atoms with E-state index < -0.39 is 10.0 Å². The molecule has 1 N–H and O–H groups in total. The number of aromatic nitrogens is 2. The molecule has 2 heterocycles. The zero-order valence-corrected chi connectivity index (χ0v) is 16.0.